The van der Waals surface area contributed by atoms with Gasteiger partial charge in [-0.15, -0.1) is 0 Å². The molecule has 0 saturated carbocycles. The van der Waals surface area contributed by atoms with Crippen LogP contribution in [-0.4, -0.2) is 17.6 Å². The van der Waals surface area contributed by atoms with Crippen LogP contribution in [0.2, 0.25) is 5.02 Å². The molecule has 1 aromatic carbocycles. The van der Waals surface area contributed by atoms with Gasteiger partial charge in [0.1, 0.15) is 6.07 Å². The molecule has 0 fully saturated rings. The zero-order valence-corrected chi connectivity index (χ0v) is 13.9. The summed E-state index contributed by atoms with van der Waals surface area (Å²) in [5, 5.41) is 7.90. The number of rotatable bonds is 2. The summed E-state index contributed by atoms with van der Waals surface area (Å²) in [5.74, 6) is -1.18. The van der Waals surface area contributed by atoms with Crippen LogP contribution in [0.15, 0.2) is 18.3 Å². The number of ether oxygens (including phenoxy) is 1. The fourth-order valence-corrected chi connectivity index (χ4v) is 2.57. The van der Waals surface area contributed by atoms with E-state index in [1.165, 1.54) is 0 Å². The van der Waals surface area contributed by atoms with E-state index in [1.807, 2.05) is 0 Å². The highest BCUT2D eigenvalue weighted by molar-refractivity contribution is 6.33. The highest BCUT2D eigenvalue weighted by Crippen LogP contribution is 2.43. The summed E-state index contributed by atoms with van der Waals surface area (Å²) < 4.78 is 83.7. The molecule has 144 valence electrons. The van der Waals surface area contributed by atoms with Crippen LogP contribution in [0.3, 0.4) is 0 Å². The van der Waals surface area contributed by atoms with Crippen molar-refractivity contribution < 1.29 is 35.9 Å². The molecule has 0 atom stereocenters. The number of halogens is 7. The van der Waals surface area contributed by atoms with Gasteiger partial charge >= 0.3 is 18.3 Å². The Kier molecular flexibility index (Phi) is 5.07. The number of aromatic nitrogens is 1. The number of benzene rings is 1. The minimum Gasteiger partial charge on any atom is -0.464 e. The number of anilines is 1. The first-order valence-electron chi connectivity index (χ1n) is 6.80. The number of hydrogen-bond donors (Lipinski definition) is 1. The Hall–Kier alpha value is -2.87. The van der Waals surface area contributed by atoms with Gasteiger partial charge in [-0.05, 0) is 12.1 Å². The van der Waals surface area contributed by atoms with Crippen molar-refractivity contribution >= 4 is 23.3 Å². The van der Waals surface area contributed by atoms with Crippen molar-refractivity contribution in [3.63, 3.8) is 0 Å². The number of methoxy groups -OCH3 is 1. The van der Waals surface area contributed by atoms with Crippen LogP contribution in [0.5, 0.6) is 0 Å². The molecule has 1 aromatic heterocycles. The number of carbonyl (C=O) groups excluding carboxylic acids is 1. The zero-order chi connectivity index (χ0) is 20.7. The molecule has 0 amide bonds. The molecule has 0 saturated heterocycles. The smallest absolute Gasteiger partial charge is 0.417 e. The molecule has 5 nitrogen and oxygen atoms in total. The number of nitrogens with two attached hydrogens (primary N) is 1. The van der Waals surface area contributed by atoms with Crippen LogP contribution in [0.25, 0.3) is 5.69 Å². The van der Waals surface area contributed by atoms with Gasteiger partial charge in [-0.2, -0.15) is 31.6 Å². The van der Waals surface area contributed by atoms with Gasteiger partial charge in [0.25, 0.3) is 0 Å². The molecule has 2 rings (SSSR count). The Bertz CT molecular complexity index is 956. The Labute approximate surface area is 152 Å². The van der Waals surface area contributed by atoms with E-state index in [2.05, 4.69) is 4.74 Å². The number of carbonyl (C=O) groups is 1. The minimum absolute atomic E-state index is 0.151. The van der Waals surface area contributed by atoms with E-state index in [0.717, 1.165) is 13.3 Å². The lowest BCUT2D eigenvalue weighted by atomic mass is 10.1. The topological polar surface area (TPSA) is 81.0 Å². The van der Waals surface area contributed by atoms with E-state index in [0.29, 0.717) is 10.6 Å². The molecule has 2 aromatic rings. The van der Waals surface area contributed by atoms with Crippen LogP contribution in [0, 0.1) is 11.3 Å². The summed E-state index contributed by atoms with van der Waals surface area (Å²) in [7, 11) is 0.917. The third-order valence-electron chi connectivity index (χ3n) is 3.49. The summed E-state index contributed by atoms with van der Waals surface area (Å²) >= 11 is 5.69. The Morgan fingerprint density at radius 1 is 1.22 bits per heavy atom. The molecule has 0 aliphatic rings. The minimum atomic E-state index is -5.21. The van der Waals surface area contributed by atoms with Crippen LogP contribution >= 0.6 is 11.6 Å². The van der Waals surface area contributed by atoms with Gasteiger partial charge in [-0.1, -0.05) is 11.6 Å². The van der Waals surface area contributed by atoms with Gasteiger partial charge in [0.15, 0.2) is 5.69 Å². The molecule has 2 N–H and O–H groups in total. The van der Waals surface area contributed by atoms with Crippen molar-refractivity contribution in [2.75, 3.05) is 12.8 Å². The number of nitriles is 1. The van der Waals surface area contributed by atoms with Crippen LogP contribution in [-0.2, 0) is 17.1 Å². The average molecular weight is 412 g/mol. The predicted octanol–water partition coefficient (Wildman–Crippen LogP) is 4.41. The van der Waals surface area contributed by atoms with Crippen molar-refractivity contribution in [3.05, 3.63) is 45.7 Å². The molecular formula is C15H8ClF6N3O2. The van der Waals surface area contributed by atoms with E-state index >= 15 is 0 Å². The summed E-state index contributed by atoms with van der Waals surface area (Å²) in [4.78, 5) is 11.9. The zero-order valence-electron chi connectivity index (χ0n) is 13.2. The van der Waals surface area contributed by atoms with Crippen molar-refractivity contribution in [3.8, 4) is 11.8 Å². The largest absolute Gasteiger partial charge is 0.464 e. The fourth-order valence-electron chi connectivity index (χ4n) is 2.26. The summed E-state index contributed by atoms with van der Waals surface area (Å²) in [6.45, 7) is 0. The number of nitrogens with zero attached hydrogens (tertiary/aromatic N) is 2. The summed E-state index contributed by atoms with van der Waals surface area (Å²) in [6, 6.07) is 1.73. The first kappa shape index (κ1) is 20.4. The van der Waals surface area contributed by atoms with Gasteiger partial charge in [-0.3, -0.25) is 0 Å². The lowest BCUT2D eigenvalue weighted by Gasteiger charge is -2.18. The standard InChI is InChI=1S/C15H8ClF6N3O2/c1-27-13(26)12-11(24)6(4-23)5-25(12)9-3-7(14(17,18)19)2-8(10(9)16)15(20,21)22/h2-3,5H,24H2,1H3. The third-order valence-corrected chi connectivity index (χ3v) is 3.89. The van der Waals surface area contributed by atoms with E-state index in [1.54, 1.807) is 6.07 Å². The number of nitrogen functional groups attached to an aromatic ring is 1. The number of esters is 1. The first-order chi connectivity index (χ1) is 12.3. The molecule has 1 heterocycles. The van der Waals surface area contributed by atoms with Crippen LogP contribution in [0.4, 0.5) is 32.0 Å². The second kappa shape index (κ2) is 6.70. The maximum Gasteiger partial charge on any atom is 0.417 e. The maximum absolute atomic E-state index is 13.2. The third kappa shape index (κ3) is 3.66. The average Bonchev–Trinajstić information content (AvgIpc) is 2.88. The quantitative estimate of drug-likeness (QED) is 0.586. The van der Waals surface area contributed by atoms with Crippen molar-refractivity contribution in [2.45, 2.75) is 12.4 Å². The van der Waals surface area contributed by atoms with Gasteiger partial charge < -0.3 is 15.0 Å². The second-order valence-electron chi connectivity index (χ2n) is 5.13. The van der Waals surface area contributed by atoms with Gasteiger partial charge in [0.2, 0.25) is 0 Å². The van der Waals surface area contributed by atoms with Crippen molar-refractivity contribution in [1.82, 2.24) is 4.57 Å². The van der Waals surface area contributed by atoms with Crippen molar-refractivity contribution in [2.24, 2.45) is 0 Å². The van der Waals surface area contributed by atoms with E-state index < -0.39 is 51.5 Å². The van der Waals surface area contributed by atoms with Gasteiger partial charge in [-0.25, -0.2) is 4.79 Å². The van der Waals surface area contributed by atoms with E-state index in [-0.39, 0.29) is 11.6 Å². The number of alkyl halides is 6. The summed E-state index contributed by atoms with van der Waals surface area (Å²) in [6.07, 6.45) is -9.56. The van der Waals surface area contributed by atoms with E-state index in [9.17, 15) is 31.1 Å². The molecule has 0 aliphatic carbocycles. The normalized spacial score (nSPS) is 12.0. The second-order valence-corrected chi connectivity index (χ2v) is 5.51. The number of hydrogen-bond acceptors (Lipinski definition) is 4. The lowest BCUT2D eigenvalue weighted by Crippen LogP contribution is -2.16. The Morgan fingerprint density at radius 2 is 1.81 bits per heavy atom. The Balaban J connectivity index is 2.95. The molecule has 0 spiro atoms. The maximum atomic E-state index is 13.2. The molecule has 12 heteroatoms. The van der Waals surface area contributed by atoms with Crippen LogP contribution < -0.4 is 5.73 Å². The Morgan fingerprint density at radius 3 is 2.26 bits per heavy atom. The SMILES string of the molecule is COC(=O)c1c(N)c(C#N)cn1-c1cc(C(F)(F)F)cc(C(F)(F)F)c1Cl. The molecular weight excluding hydrogens is 404 g/mol. The molecule has 0 aliphatic heterocycles. The first-order valence-corrected chi connectivity index (χ1v) is 7.18. The molecule has 0 radical (unpaired) electrons. The van der Waals surface area contributed by atoms with Gasteiger partial charge in [0, 0.05) is 6.20 Å². The lowest BCUT2D eigenvalue weighted by molar-refractivity contribution is -0.143. The fraction of sp³-hybridized carbons (Fsp3) is 0.200. The predicted molar refractivity (Wildman–Crippen MR) is 81.2 cm³/mol. The summed E-state index contributed by atoms with van der Waals surface area (Å²) in [5.41, 5.74) is -0.150. The highest BCUT2D eigenvalue weighted by Gasteiger charge is 2.40. The van der Waals surface area contributed by atoms with Crippen LogP contribution in [0.1, 0.15) is 27.2 Å². The molecule has 0 unspecified atom stereocenters. The monoisotopic (exact) mass is 411 g/mol. The van der Waals surface area contributed by atoms with Crippen molar-refractivity contribution in [1.29, 1.82) is 5.26 Å². The van der Waals surface area contributed by atoms with Gasteiger partial charge in [0.05, 0.1) is 40.2 Å². The molecule has 27 heavy (non-hydrogen) atoms. The molecule has 0 bridgehead atoms. The van der Waals surface area contributed by atoms with E-state index in [4.69, 9.17) is 22.6 Å². The highest BCUT2D eigenvalue weighted by atomic mass is 35.5.